The van der Waals surface area contributed by atoms with Crippen LogP contribution in [0, 0.1) is 6.92 Å². The maximum atomic E-state index is 13.8. The van der Waals surface area contributed by atoms with E-state index >= 15 is 0 Å². The lowest BCUT2D eigenvalue weighted by Crippen LogP contribution is -2.33. The van der Waals surface area contributed by atoms with Crippen LogP contribution in [0.25, 0.3) is 0 Å². The maximum Gasteiger partial charge on any atom is 0.245 e. The molecule has 0 unspecified atom stereocenters. The topological polar surface area (TPSA) is 57.7 Å². The Hall–Kier alpha value is -1.70. The van der Waals surface area contributed by atoms with E-state index in [1.807, 2.05) is 37.3 Å². The fraction of sp³-hybridized carbons (Fsp3) is 0.381. The molecule has 2 heterocycles. The minimum atomic E-state index is -3.76. The molecule has 1 saturated heterocycles. The molecular formula is C21H23BrN2O3S. The van der Waals surface area contributed by atoms with Crippen molar-refractivity contribution in [2.75, 3.05) is 18.0 Å². The summed E-state index contributed by atoms with van der Waals surface area (Å²) in [6, 6.07) is 11.3. The van der Waals surface area contributed by atoms with E-state index in [4.69, 9.17) is 0 Å². The van der Waals surface area contributed by atoms with Gasteiger partial charge >= 0.3 is 0 Å². The zero-order valence-electron chi connectivity index (χ0n) is 16.0. The van der Waals surface area contributed by atoms with E-state index in [9.17, 15) is 13.2 Å². The zero-order chi connectivity index (χ0) is 20.1. The number of aryl methyl sites for hydroxylation is 1. The van der Waals surface area contributed by atoms with Gasteiger partial charge in [0.15, 0.2) is 0 Å². The first-order chi connectivity index (χ1) is 13.3. The molecule has 2 aliphatic heterocycles. The van der Waals surface area contributed by atoms with Gasteiger partial charge in [-0.1, -0.05) is 40.2 Å². The predicted octanol–water partition coefficient (Wildman–Crippen LogP) is 4.19. The average molecular weight is 463 g/mol. The zero-order valence-corrected chi connectivity index (χ0v) is 18.4. The third-order valence-electron chi connectivity index (χ3n) is 5.71. The number of rotatable bonds is 3. The van der Waals surface area contributed by atoms with Gasteiger partial charge in [-0.2, -0.15) is 4.31 Å². The van der Waals surface area contributed by atoms with Gasteiger partial charge in [-0.05, 0) is 55.0 Å². The first-order valence-electron chi connectivity index (χ1n) is 9.48. The Morgan fingerprint density at radius 2 is 1.93 bits per heavy atom. The summed E-state index contributed by atoms with van der Waals surface area (Å²) in [6.45, 7) is 4.51. The predicted molar refractivity (Wildman–Crippen MR) is 113 cm³/mol. The molecule has 0 aromatic heterocycles. The van der Waals surface area contributed by atoms with E-state index in [1.54, 1.807) is 15.3 Å². The van der Waals surface area contributed by atoms with Gasteiger partial charge in [-0.3, -0.25) is 4.79 Å². The van der Waals surface area contributed by atoms with Crippen molar-refractivity contribution in [3.63, 3.8) is 0 Å². The minimum absolute atomic E-state index is 0.130. The highest BCUT2D eigenvalue weighted by Crippen LogP contribution is 2.43. The van der Waals surface area contributed by atoms with Crippen LogP contribution in [0.4, 0.5) is 5.69 Å². The van der Waals surface area contributed by atoms with Crippen LogP contribution in [0.2, 0.25) is 0 Å². The molecule has 7 heteroatoms. The van der Waals surface area contributed by atoms with Crippen molar-refractivity contribution >= 4 is 37.5 Å². The smallest absolute Gasteiger partial charge is 0.245 e. The summed E-state index contributed by atoms with van der Waals surface area (Å²) in [4.78, 5) is 13.9. The van der Waals surface area contributed by atoms with Crippen molar-refractivity contribution in [2.45, 2.75) is 44.0 Å². The van der Waals surface area contributed by atoms with Crippen LogP contribution in [0.15, 0.2) is 45.8 Å². The molecule has 5 nitrogen and oxygen atoms in total. The number of amides is 1. The number of hydrogen-bond donors (Lipinski definition) is 0. The van der Waals surface area contributed by atoms with Crippen molar-refractivity contribution in [2.24, 2.45) is 0 Å². The Balaban J connectivity index is 1.84. The van der Waals surface area contributed by atoms with Crippen molar-refractivity contribution in [1.29, 1.82) is 0 Å². The summed E-state index contributed by atoms with van der Waals surface area (Å²) in [6.07, 6.45) is 2.29. The largest absolute Gasteiger partial charge is 0.311 e. The van der Waals surface area contributed by atoms with Crippen LogP contribution >= 0.6 is 15.9 Å². The molecule has 1 amide bonds. The molecule has 0 spiro atoms. The Kier molecular flexibility index (Phi) is 5.10. The lowest BCUT2D eigenvalue weighted by atomic mass is 10.0. The Morgan fingerprint density at radius 1 is 1.18 bits per heavy atom. The van der Waals surface area contributed by atoms with Gasteiger partial charge in [0.1, 0.15) is 4.90 Å². The second kappa shape index (κ2) is 7.28. The molecule has 0 aliphatic carbocycles. The lowest BCUT2D eigenvalue weighted by molar-refractivity contribution is -0.116. The van der Waals surface area contributed by atoms with E-state index < -0.39 is 10.0 Å². The quantitative estimate of drug-likeness (QED) is 0.686. The van der Waals surface area contributed by atoms with Crippen LogP contribution in [0.1, 0.15) is 42.5 Å². The molecule has 28 heavy (non-hydrogen) atoms. The molecule has 2 aliphatic rings. The molecular weight excluding hydrogens is 440 g/mol. The number of sulfonamides is 1. The van der Waals surface area contributed by atoms with Crippen LogP contribution < -0.4 is 4.90 Å². The van der Waals surface area contributed by atoms with E-state index in [-0.39, 0.29) is 16.8 Å². The molecule has 0 radical (unpaired) electrons. The van der Waals surface area contributed by atoms with E-state index in [0.29, 0.717) is 25.2 Å². The molecule has 0 bridgehead atoms. The van der Waals surface area contributed by atoms with Gasteiger partial charge < -0.3 is 4.90 Å². The minimum Gasteiger partial charge on any atom is -0.311 e. The van der Waals surface area contributed by atoms with Crippen molar-refractivity contribution in [3.05, 3.63) is 57.6 Å². The van der Waals surface area contributed by atoms with Crippen molar-refractivity contribution in [3.8, 4) is 0 Å². The summed E-state index contributed by atoms with van der Waals surface area (Å²) in [5.41, 5.74) is 3.60. The Bertz CT molecular complexity index is 1050. The van der Waals surface area contributed by atoms with Crippen molar-refractivity contribution < 1.29 is 13.2 Å². The molecule has 2 aromatic rings. The molecule has 148 valence electrons. The molecule has 1 atom stereocenters. The molecule has 2 aromatic carbocycles. The fourth-order valence-electron chi connectivity index (χ4n) is 4.41. The highest BCUT2D eigenvalue weighted by Gasteiger charge is 2.40. The van der Waals surface area contributed by atoms with Gasteiger partial charge in [-0.25, -0.2) is 8.42 Å². The fourth-order valence-corrected chi connectivity index (χ4v) is 7.00. The number of halogens is 1. The highest BCUT2D eigenvalue weighted by atomic mass is 79.9. The second-order valence-electron chi connectivity index (χ2n) is 7.46. The lowest BCUT2D eigenvalue weighted by Gasteiger charge is -2.28. The van der Waals surface area contributed by atoms with E-state index in [1.165, 1.54) is 6.92 Å². The number of nitrogens with zero attached hydrogens (tertiary/aromatic N) is 2. The number of hydrogen-bond acceptors (Lipinski definition) is 3. The van der Waals surface area contributed by atoms with Gasteiger partial charge in [0.25, 0.3) is 0 Å². The molecule has 4 rings (SSSR count). The van der Waals surface area contributed by atoms with E-state index in [0.717, 1.165) is 34.0 Å². The van der Waals surface area contributed by atoms with Crippen molar-refractivity contribution in [1.82, 2.24) is 4.31 Å². The highest BCUT2D eigenvalue weighted by molar-refractivity contribution is 9.10. The third kappa shape index (κ3) is 3.19. The second-order valence-corrected chi connectivity index (χ2v) is 10.2. The number of carbonyl (C=O) groups excluding carboxylic acids is 1. The molecule has 0 saturated carbocycles. The average Bonchev–Trinajstić information content (AvgIpc) is 3.28. The number of carbonyl (C=O) groups is 1. The van der Waals surface area contributed by atoms with Crippen LogP contribution in [-0.4, -0.2) is 31.7 Å². The summed E-state index contributed by atoms with van der Waals surface area (Å²) in [7, 11) is -3.76. The van der Waals surface area contributed by atoms with Crippen LogP contribution in [0.3, 0.4) is 0 Å². The maximum absolute atomic E-state index is 13.8. The third-order valence-corrected chi connectivity index (χ3v) is 8.09. The Morgan fingerprint density at radius 3 is 2.64 bits per heavy atom. The van der Waals surface area contributed by atoms with Crippen LogP contribution in [0.5, 0.6) is 0 Å². The number of anilines is 1. The number of fused-ring (bicyclic) bond motifs is 1. The summed E-state index contributed by atoms with van der Waals surface area (Å²) in [5.74, 6) is -0.130. The molecule has 0 N–H and O–H groups in total. The van der Waals surface area contributed by atoms with Gasteiger partial charge in [0.05, 0.1) is 11.7 Å². The van der Waals surface area contributed by atoms with Gasteiger partial charge in [-0.15, -0.1) is 0 Å². The van der Waals surface area contributed by atoms with E-state index in [2.05, 4.69) is 15.9 Å². The number of benzene rings is 2. The summed E-state index contributed by atoms with van der Waals surface area (Å²) >= 11 is 3.46. The summed E-state index contributed by atoms with van der Waals surface area (Å²) < 4.78 is 29.9. The first kappa shape index (κ1) is 19.6. The monoisotopic (exact) mass is 462 g/mol. The van der Waals surface area contributed by atoms with Gasteiger partial charge in [0, 0.05) is 24.5 Å². The van der Waals surface area contributed by atoms with Gasteiger partial charge in [0.2, 0.25) is 15.9 Å². The first-order valence-corrected chi connectivity index (χ1v) is 11.7. The normalized spacial score (nSPS) is 19.8. The van der Waals surface area contributed by atoms with Crippen LogP contribution in [-0.2, 0) is 21.2 Å². The SMILES string of the molecule is CC(=O)N1CCc2cc(Br)cc(S(=O)(=O)N3CCC[C@@H]3c3ccccc3C)c21. The Labute approximate surface area is 174 Å². The molecule has 1 fully saturated rings. The standard InChI is InChI=1S/C21H23BrN2O3S/c1-14-6-3-4-7-18(14)19-8-5-10-24(19)28(26,27)20-13-17(22)12-16-9-11-23(15(2)25)21(16)20/h3-4,6-7,12-13,19H,5,8-11H2,1-2H3/t19-/m1/s1. The summed E-state index contributed by atoms with van der Waals surface area (Å²) in [5, 5.41) is 0.